The number of benzene rings is 1. The molecule has 1 aromatic heterocycles. The van der Waals surface area contributed by atoms with Gasteiger partial charge in [-0.05, 0) is 23.6 Å². The molecule has 0 saturated heterocycles. The highest BCUT2D eigenvalue weighted by atomic mass is 35.5. The third kappa shape index (κ3) is 3.74. The molecule has 4 nitrogen and oxygen atoms in total. The Kier molecular flexibility index (Phi) is 5.04. The summed E-state index contributed by atoms with van der Waals surface area (Å²) in [6.45, 7) is 6.16. The average molecular weight is 294 g/mol. The Morgan fingerprint density at radius 1 is 1.35 bits per heavy atom. The van der Waals surface area contributed by atoms with E-state index >= 15 is 0 Å². The maximum Gasteiger partial charge on any atom is 0.137 e. The van der Waals surface area contributed by atoms with Crippen molar-refractivity contribution in [1.29, 1.82) is 0 Å². The normalized spacial score (nSPS) is 11.1. The third-order valence-corrected chi connectivity index (χ3v) is 3.12. The van der Waals surface area contributed by atoms with Crippen LogP contribution < -0.4 is 10.5 Å². The molecular formula is C15H20ClN3O. The van der Waals surface area contributed by atoms with Crippen LogP contribution in [0.3, 0.4) is 0 Å². The van der Waals surface area contributed by atoms with Gasteiger partial charge in [-0.3, -0.25) is 4.68 Å². The fourth-order valence-corrected chi connectivity index (χ4v) is 2.06. The average Bonchev–Trinajstić information content (AvgIpc) is 2.86. The van der Waals surface area contributed by atoms with Gasteiger partial charge in [0.1, 0.15) is 5.75 Å². The van der Waals surface area contributed by atoms with E-state index in [1.165, 1.54) is 0 Å². The lowest BCUT2D eigenvalue weighted by atomic mass is 10.1. The highest BCUT2D eigenvalue weighted by Gasteiger charge is 2.07. The largest absolute Gasteiger partial charge is 0.492 e. The summed E-state index contributed by atoms with van der Waals surface area (Å²) in [5.74, 6) is 1.19. The van der Waals surface area contributed by atoms with Gasteiger partial charge in [0.15, 0.2) is 0 Å². The van der Waals surface area contributed by atoms with Gasteiger partial charge < -0.3 is 10.5 Å². The van der Waals surface area contributed by atoms with E-state index in [9.17, 15) is 0 Å². The molecule has 2 aromatic rings. The smallest absolute Gasteiger partial charge is 0.137 e. The molecule has 2 N–H and O–H groups in total. The van der Waals surface area contributed by atoms with Crippen molar-refractivity contribution in [2.45, 2.75) is 20.4 Å². The highest BCUT2D eigenvalue weighted by Crippen LogP contribution is 2.30. The second-order valence-corrected chi connectivity index (χ2v) is 5.54. The van der Waals surface area contributed by atoms with Crippen LogP contribution in [0.1, 0.15) is 13.8 Å². The zero-order valence-electron chi connectivity index (χ0n) is 11.8. The Morgan fingerprint density at radius 2 is 2.15 bits per heavy atom. The van der Waals surface area contributed by atoms with Crippen molar-refractivity contribution >= 4 is 11.6 Å². The van der Waals surface area contributed by atoms with Gasteiger partial charge >= 0.3 is 0 Å². The lowest BCUT2D eigenvalue weighted by molar-refractivity contribution is 0.271. The first-order valence-corrected chi connectivity index (χ1v) is 7.13. The van der Waals surface area contributed by atoms with Crippen molar-refractivity contribution in [3.63, 3.8) is 0 Å². The van der Waals surface area contributed by atoms with Gasteiger partial charge in [0.05, 0.1) is 24.4 Å². The van der Waals surface area contributed by atoms with Gasteiger partial charge in [-0.15, -0.1) is 0 Å². The minimum absolute atomic E-state index is 0.472. The quantitative estimate of drug-likeness (QED) is 0.890. The molecule has 0 bridgehead atoms. The second-order valence-electron chi connectivity index (χ2n) is 5.13. The first kappa shape index (κ1) is 14.9. The minimum atomic E-state index is 0.472. The van der Waals surface area contributed by atoms with Crippen molar-refractivity contribution in [1.82, 2.24) is 9.78 Å². The number of halogens is 1. The van der Waals surface area contributed by atoms with Crippen LogP contribution >= 0.6 is 11.6 Å². The Labute approximate surface area is 124 Å². The maximum atomic E-state index is 6.26. The van der Waals surface area contributed by atoms with Crippen LogP contribution in [0.2, 0.25) is 5.02 Å². The number of ether oxygens (including phenoxy) is 1. The van der Waals surface area contributed by atoms with Crippen LogP contribution in [0.15, 0.2) is 30.6 Å². The van der Waals surface area contributed by atoms with Crippen LogP contribution in [-0.2, 0) is 6.54 Å². The molecule has 0 spiro atoms. The van der Waals surface area contributed by atoms with E-state index in [0.717, 1.165) is 16.9 Å². The fraction of sp³-hybridized carbons (Fsp3) is 0.400. The standard InChI is InChI=1S/C15H20ClN3O/c1-11(2)10-20-15-4-3-12(7-14(15)16)13-8-18-19(9-13)6-5-17/h3-4,7-9,11H,5-6,10,17H2,1-2H3. The van der Waals surface area contributed by atoms with Gasteiger partial charge in [-0.1, -0.05) is 31.5 Å². The van der Waals surface area contributed by atoms with Crippen LogP contribution in [-0.4, -0.2) is 22.9 Å². The Morgan fingerprint density at radius 3 is 2.80 bits per heavy atom. The van der Waals surface area contributed by atoms with Crippen molar-refractivity contribution in [3.05, 3.63) is 35.6 Å². The molecule has 108 valence electrons. The summed E-state index contributed by atoms with van der Waals surface area (Å²) < 4.78 is 7.49. The Balaban J connectivity index is 2.14. The lowest BCUT2D eigenvalue weighted by Crippen LogP contribution is -2.09. The summed E-state index contributed by atoms with van der Waals surface area (Å²) in [5, 5.41) is 4.88. The fourth-order valence-electron chi connectivity index (χ4n) is 1.82. The van der Waals surface area contributed by atoms with Crippen molar-refractivity contribution in [2.75, 3.05) is 13.2 Å². The van der Waals surface area contributed by atoms with Gasteiger partial charge in [0.2, 0.25) is 0 Å². The van der Waals surface area contributed by atoms with E-state index in [2.05, 4.69) is 18.9 Å². The topological polar surface area (TPSA) is 53.1 Å². The summed E-state index contributed by atoms with van der Waals surface area (Å²) in [6, 6.07) is 5.80. The molecule has 1 aromatic carbocycles. The molecule has 0 amide bonds. The van der Waals surface area contributed by atoms with E-state index < -0.39 is 0 Å². The molecule has 0 saturated carbocycles. The SMILES string of the molecule is CC(C)COc1ccc(-c2cnn(CCN)c2)cc1Cl. The van der Waals surface area contributed by atoms with Gasteiger partial charge in [0, 0.05) is 18.3 Å². The van der Waals surface area contributed by atoms with Crippen molar-refractivity contribution in [2.24, 2.45) is 11.7 Å². The van der Waals surface area contributed by atoms with E-state index in [0.29, 0.717) is 30.6 Å². The molecule has 5 heteroatoms. The van der Waals surface area contributed by atoms with E-state index in [4.69, 9.17) is 22.1 Å². The van der Waals surface area contributed by atoms with Gasteiger partial charge in [0.25, 0.3) is 0 Å². The molecule has 2 rings (SSSR count). The number of rotatable bonds is 6. The minimum Gasteiger partial charge on any atom is -0.492 e. The molecule has 0 unspecified atom stereocenters. The monoisotopic (exact) mass is 293 g/mol. The number of nitrogens with two attached hydrogens (primary N) is 1. The van der Waals surface area contributed by atoms with Gasteiger partial charge in [-0.25, -0.2) is 0 Å². The number of aromatic nitrogens is 2. The maximum absolute atomic E-state index is 6.26. The van der Waals surface area contributed by atoms with Crippen molar-refractivity contribution in [3.8, 4) is 16.9 Å². The molecule has 20 heavy (non-hydrogen) atoms. The van der Waals surface area contributed by atoms with Crippen LogP contribution in [0.5, 0.6) is 5.75 Å². The zero-order chi connectivity index (χ0) is 14.5. The summed E-state index contributed by atoms with van der Waals surface area (Å²) in [4.78, 5) is 0. The summed E-state index contributed by atoms with van der Waals surface area (Å²) in [7, 11) is 0. The molecule has 0 aliphatic heterocycles. The van der Waals surface area contributed by atoms with Gasteiger partial charge in [-0.2, -0.15) is 5.10 Å². The molecule has 0 aliphatic carbocycles. The number of hydrogen-bond donors (Lipinski definition) is 1. The summed E-state index contributed by atoms with van der Waals surface area (Å²) >= 11 is 6.26. The summed E-state index contributed by atoms with van der Waals surface area (Å²) in [5.41, 5.74) is 7.56. The predicted molar refractivity (Wildman–Crippen MR) is 82.1 cm³/mol. The molecule has 0 fully saturated rings. The number of nitrogens with zero attached hydrogens (tertiary/aromatic N) is 2. The Bertz CT molecular complexity index is 566. The molecule has 0 atom stereocenters. The molecular weight excluding hydrogens is 274 g/mol. The lowest BCUT2D eigenvalue weighted by Gasteiger charge is -2.10. The van der Waals surface area contributed by atoms with Crippen LogP contribution in [0.4, 0.5) is 0 Å². The first-order valence-electron chi connectivity index (χ1n) is 6.75. The van der Waals surface area contributed by atoms with E-state index in [1.54, 1.807) is 0 Å². The summed E-state index contributed by atoms with van der Waals surface area (Å²) in [6.07, 6.45) is 3.78. The van der Waals surface area contributed by atoms with E-state index in [-0.39, 0.29) is 0 Å². The van der Waals surface area contributed by atoms with Crippen molar-refractivity contribution < 1.29 is 4.74 Å². The zero-order valence-corrected chi connectivity index (χ0v) is 12.6. The third-order valence-electron chi connectivity index (χ3n) is 2.83. The predicted octanol–water partition coefficient (Wildman–Crippen LogP) is 3.20. The molecule has 0 aliphatic rings. The highest BCUT2D eigenvalue weighted by molar-refractivity contribution is 6.32. The molecule has 0 radical (unpaired) electrons. The first-order chi connectivity index (χ1) is 9.60. The second kappa shape index (κ2) is 6.77. The van der Waals surface area contributed by atoms with Crippen LogP contribution in [0, 0.1) is 5.92 Å². The Hall–Kier alpha value is -1.52. The molecule has 1 heterocycles. The van der Waals surface area contributed by atoms with E-state index in [1.807, 2.05) is 35.3 Å². The number of hydrogen-bond acceptors (Lipinski definition) is 3. The van der Waals surface area contributed by atoms with Crippen LogP contribution in [0.25, 0.3) is 11.1 Å².